The summed E-state index contributed by atoms with van der Waals surface area (Å²) in [6.07, 6.45) is 1.51. The number of hydrogen-bond acceptors (Lipinski definition) is 3. The zero-order valence-corrected chi connectivity index (χ0v) is 12.3. The van der Waals surface area contributed by atoms with Crippen LogP contribution in [0.1, 0.15) is 34.3 Å². The molecule has 3 nitrogen and oxygen atoms in total. The Hall–Kier alpha value is -1.00. The molecule has 0 saturated carbocycles. The highest BCUT2D eigenvalue weighted by atomic mass is 32.2. The zero-order valence-electron chi connectivity index (χ0n) is 11.5. The SMILES string of the molecule is Cc1cccc(C(=O)NCC2(O)CCSCC2)c1C. The molecule has 0 unspecified atom stereocenters. The highest BCUT2D eigenvalue weighted by Crippen LogP contribution is 2.26. The van der Waals surface area contributed by atoms with Crippen LogP contribution in [0.2, 0.25) is 0 Å². The minimum Gasteiger partial charge on any atom is -0.388 e. The van der Waals surface area contributed by atoms with Crippen LogP contribution in [0.5, 0.6) is 0 Å². The summed E-state index contributed by atoms with van der Waals surface area (Å²) in [5.74, 6) is 1.85. The Kier molecular flexibility index (Phi) is 4.53. The first-order chi connectivity index (χ1) is 9.02. The van der Waals surface area contributed by atoms with Gasteiger partial charge in [-0.1, -0.05) is 12.1 Å². The summed E-state index contributed by atoms with van der Waals surface area (Å²) in [7, 11) is 0. The smallest absolute Gasteiger partial charge is 0.251 e. The molecule has 1 aromatic carbocycles. The molecule has 19 heavy (non-hydrogen) atoms. The van der Waals surface area contributed by atoms with Gasteiger partial charge in [-0.3, -0.25) is 4.79 Å². The van der Waals surface area contributed by atoms with Gasteiger partial charge in [-0.25, -0.2) is 0 Å². The number of benzene rings is 1. The Labute approximate surface area is 118 Å². The minimum absolute atomic E-state index is 0.0900. The molecule has 0 spiro atoms. The van der Waals surface area contributed by atoms with E-state index >= 15 is 0 Å². The number of rotatable bonds is 3. The van der Waals surface area contributed by atoms with Crippen molar-refractivity contribution in [3.8, 4) is 0 Å². The van der Waals surface area contributed by atoms with Crippen LogP contribution in [0, 0.1) is 13.8 Å². The van der Waals surface area contributed by atoms with E-state index in [0.29, 0.717) is 12.1 Å². The molecule has 2 rings (SSSR count). The number of aryl methyl sites for hydroxylation is 1. The highest BCUT2D eigenvalue weighted by molar-refractivity contribution is 7.99. The normalized spacial score (nSPS) is 18.1. The lowest BCUT2D eigenvalue weighted by Gasteiger charge is -2.31. The van der Waals surface area contributed by atoms with Crippen molar-refractivity contribution in [1.29, 1.82) is 0 Å². The van der Waals surface area contributed by atoms with E-state index in [9.17, 15) is 9.90 Å². The van der Waals surface area contributed by atoms with Crippen molar-refractivity contribution in [2.75, 3.05) is 18.1 Å². The molecule has 0 atom stereocenters. The van der Waals surface area contributed by atoms with Crippen molar-refractivity contribution < 1.29 is 9.90 Å². The molecule has 0 aromatic heterocycles. The predicted octanol–water partition coefficient (Wildman–Crippen LogP) is 2.29. The third kappa shape index (κ3) is 3.51. The predicted molar refractivity (Wildman–Crippen MR) is 79.8 cm³/mol. The second kappa shape index (κ2) is 5.97. The number of aliphatic hydroxyl groups is 1. The van der Waals surface area contributed by atoms with Crippen molar-refractivity contribution in [1.82, 2.24) is 5.32 Å². The van der Waals surface area contributed by atoms with E-state index in [4.69, 9.17) is 0 Å². The van der Waals surface area contributed by atoms with E-state index in [1.54, 1.807) is 0 Å². The molecule has 0 radical (unpaired) electrons. The van der Waals surface area contributed by atoms with Crippen LogP contribution in [-0.4, -0.2) is 34.7 Å². The topological polar surface area (TPSA) is 49.3 Å². The van der Waals surface area contributed by atoms with Gasteiger partial charge in [0.2, 0.25) is 0 Å². The lowest BCUT2D eigenvalue weighted by molar-refractivity contribution is 0.0311. The standard InChI is InChI=1S/C15H21NO2S/c1-11-4-3-5-13(12(11)2)14(17)16-10-15(18)6-8-19-9-7-15/h3-5,18H,6-10H2,1-2H3,(H,16,17). The van der Waals surface area contributed by atoms with Crippen LogP contribution in [0.15, 0.2) is 18.2 Å². The molecule has 1 aromatic rings. The summed E-state index contributed by atoms with van der Waals surface area (Å²) >= 11 is 1.86. The van der Waals surface area contributed by atoms with E-state index in [1.807, 2.05) is 43.8 Å². The molecule has 1 heterocycles. The second-order valence-corrected chi connectivity index (χ2v) is 6.49. The Morgan fingerprint density at radius 1 is 1.37 bits per heavy atom. The van der Waals surface area contributed by atoms with Crippen LogP contribution in [0.3, 0.4) is 0 Å². The molecule has 1 fully saturated rings. The maximum Gasteiger partial charge on any atom is 0.251 e. The van der Waals surface area contributed by atoms with E-state index in [-0.39, 0.29) is 5.91 Å². The lowest BCUT2D eigenvalue weighted by Crippen LogP contribution is -2.45. The van der Waals surface area contributed by atoms with E-state index in [0.717, 1.165) is 35.5 Å². The molecule has 1 aliphatic rings. The van der Waals surface area contributed by atoms with Crippen molar-refractivity contribution >= 4 is 17.7 Å². The molecule has 0 aliphatic carbocycles. The monoisotopic (exact) mass is 279 g/mol. The van der Waals surface area contributed by atoms with Crippen LogP contribution in [-0.2, 0) is 0 Å². The van der Waals surface area contributed by atoms with Crippen LogP contribution in [0.25, 0.3) is 0 Å². The Morgan fingerprint density at radius 3 is 2.74 bits per heavy atom. The first-order valence-electron chi connectivity index (χ1n) is 6.66. The first-order valence-corrected chi connectivity index (χ1v) is 7.82. The number of carbonyl (C=O) groups is 1. The molecule has 104 valence electrons. The Morgan fingerprint density at radius 2 is 2.05 bits per heavy atom. The van der Waals surface area contributed by atoms with Gasteiger partial charge in [-0.15, -0.1) is 0 Å². The molecule has 1 aliphatic heterocycles. The van der Waals surface area contributed by atoms with Gasteiger partial charge in [0.05, 0.1) is 5.60 Å². The zero-order chi connectivity index (χ0) is 13.9. The fourth-order valence-electron chi connectivity index (χ4n) is 2.27. The van der Waals surface area contributed by atoms with Gasteiger partial charge in [0.25, 0.3) is 5.91 Å². The number of thioether (sulfide) groups is 1. The molecule has 1 amide bonds. The third-order valence-corrected chi connectivity index (χ3v) is 4.84. The van der Waals surface area contributed by atoms with Gasteiger partial charge in [0.15, 0.2) is 0 Å². The van der Waals surface area contributed by atoms with Gasteiger partial charge < -0.3 is 10.4 Å². The third-order valence-electron chi connectivity index (χ3n) is 3.85. The summed E-state index contributed by atoms with van der Waals surface area (Å²) in [5.41, 5.74) is 2.10. The average molecular weight is 279 g/mol. The number of carbonyl (C=O) groups excluding carboxylic acids is 1. The first kappa shape index (κ1) is 14.4. The van der Waals surface area contributed by atoms with Gasteiger partial charge in [-0.05, 0) is 55.4 Å². The average Bonchev–Trinajstić information content (AvgIpc) is 2.40. The van der Waals surface area contributed by atoms with Crippen molar-refractivity contribution in [2.45, 2.75) is 32.3 Å². The van der Waals surface area contributed by atoms with Crippen LogP contribution >= 0.6 is 11.8 Å². The fraction of sp³-hybridized carbons (Fsp3) is 0.533. The quantitative estimate of drug-likeness (QED) is 0.892. The Bertz CT molecular complexity index is 467. The second-order valence-electron chi connectivity index (χ2n) is 5.27. The molecule has 2 N–H and O–H groups in total. The number of hydrogen-bond donors (Lipinski definition) is 2. The van der Waals surface area contributed by atoms with E-state index in [1.165, 1.54) is 0 Å². The van der Waals surface area contributed by atoms with Crippen LogP contribution in [0.4, 0.5) is 0 Å². The Balaban J connectivity index is 1.99. The van der Waals surface area contributed by atoms with Gasteiger partial charge in [-0.2, -0.15) is 11.8 Å². The molecule has 4 heteroatoms. The summed E-state index contributed by atoms with van der Waals surface area (Å²) in [6, 6.07) is 5.72. The maximum atomic E-state index is 12.2. The van der Waals surface area contributed by atoms with Crippen molar-refractivity contribution in [3.63, 3.8) is 0 Å². The summed E-state index contributed by atoms with van der Waals surface area (Å²) < 4.78 is 0. The highest BCUT2D eigenvalue weighted by Gasteiger charge is 2.30. The van der Waals surface area contributed by atoms with E-state index < -0.39 is 5.60 Å². The van der Waals surface area contributed by atoms with E-state index in [2.05, 4.69) is 5.32 Å². The lowest BCUT2D eigenvalue weighted by atomic mass is 9.96. The minimum atomic E-state index is -0.724. The van der Waals surface area contributed by atoms with Gasteiger partial charge >= 0.3 is 0 Å². The molecular weight excluding hydrogens is 258 g/mol. The molecule has 0 bridgehead atoms. The van der Waals surface area contributed by atoms with Crippen molar-refractivity contribution in [3.05, 3.63) is 34.9 Å². The maximum absolute atomic E-state index is 12.2. The fourth-order valence-corrected chi connectivity index (χ4v) is 3.52. The molecular formula is C15H21NO2S. The van der Waals surface area contributed by atoms with Gasteiger partial charge in [0, 0.05) is 12.1 Å². The van der Waals surface area contributed by atoms with Crippen molar-refractivity contribution in [2.24, 2.45) is 0 Å². The number of nitrogens with one attached hydrogen (secondary N) is 1. The summed E-state index contributed by atoms with van der Waals surface area (Å²) in [4.78, 5) is 12.2. The summed E-state index contributed by atoms with van der Waals surface area (Å²) in [5, 5.41) is 13.2. The molecule has 1 saturated heterocycles. The largest absolute Gasteiger partial charge is 0.388 e. The van der Waals surface area contributed by atoms with Gasteiger partial charge in [0.1, 0.15) is 0 Å². The summed E-state index contributed by atoms with van der Waals surface area (Å²) in [6.45, 7) is 4.30. The van der Waals surface area contributed by atoms with Crippen LogP contribution < -0.4 is 5.32 Å². The number of amides is 1.